The second-order valence-electron chi connectivity index (χ2n) is 4.63. The van der Waals surface area contributed by atoms with Crippen LogP contribution in [0.5, 0.6) is 0 Å². The Bertz CT molecular complexity index is 216. The molecule has 5 heteroatoms. The first kappa shape index (κ1) is 14.4. The van der Waals surface area contributed by atoms with Gasteiger partial charge in [0.2, 0.25) is 5.91 Å². The molecule has 1 atom stereocenters. The molecule has 100 valence electrons. The Labute approximate surface area is 104 Å². The molecule has 1 rings (SSSR count). The van der Waals surface area contributed by atoms with Crippen LogP contribution in [0.15, 0.2) is 0 Å². The van der Waals surface area contributed by atoms with Crippen molar-refractivity contribution in [1.82, 2.24) is 16.0 Å². The third-order valence-corrected chi connectivity index (χ3v) is 2.68. The van der Waals surface area contributed by atoms with Gasteiger partial charge in [-0.2, -0.15) is 0 Å². The number of nitrogens with one attached hydrogen (secondary N) is 3. The van der Waals surface area contributed by atoms with E-state index in [4.69, 9.17) is 4.74 Å². The van der Waals surface area contributed by atoms with Crippen LogP contribution in [0.25, 0.3) is 0 Å². The minimum absolute atomic E-state index is 0.0735. The molecule has 0 radical (unpaired) electrons. The summed E-state index contributed by atoms with van der Waals surface area (Å²) in [5.74, 6) is 0.0991. The van der Waals surface area contributed by atoms with Gasteiger partial charge in [-0.1, -0.05) is 0 Å². The van der Waals surface area contributed by atoms with Crippen molar-refractivity contribution in [2.24, 2.45) is 0 Å². The van der Waals surface area contributed by atoms with Crippen LogP contribution >= 0.6 is 0 Å². The average molecular weight is 243 g/mol. The zero-order chi connectivity index (χ0) is 12.5. The topological polar surface area (TPSA) is 62.4 Å². The Morgan fingerprint density at radius 3 is 2.88 bits per heavy atom. The number of carbonyl (C=O) groups excluding carboxylic acids is 1. The van der Waals surface area contributed by atoms with Crippen molar-refractivity contribution in [3.8, 4) is 0 Å². The first-order valence-corrected chi connectivity index (χ1v) is 6.53. The fraction of sp³-hybridized carbons (Fsp3) is 0.917. The normalized spacial score (nSPS) is 20.5. The zero-order valence-corrected chi connectivity index (χ0v) is 10.9. The number of ether oxygens (including phenoxy) is 1. The molecule has 1 fully saturated rings. The molecule has 0 saturated carbocycles. The number of rotatable bonds is 7. The molecule has 1 heterocycles. The van der Waals surface area contributed by atoms with Crippen molar-refractivity contribution in [1.29, 1.82) is 0 Å². The third kappa shape index (κ3) is 6.61. The van der Waals surface area contributed by atoms with Gasteiger partial charge in [0.1, 0.15) is 0 Å². The average Bonchev–Trinajstić information content (AvgIpc) is 2.34. The molecule has 1 saturated heterocycles. The van der Waals surface area contributed by atoms with Crippen LogP contribution in [0, 0.1) is 0 Å². The Morgan fingerprint density at radius 1 is 1.41 bits per heavy atom. The Hall–Kier alpha value is -0.650. The third-order valence-electron chi connectivity index (χ3n) is 2.68. The molecule has 17 heavy (non-hydrogen) atoms. The molecule has 3 N–H and O–H groups in total. The standard InChI is InChI=1S/C12H25N3O2/c1-10(2)17-8-4-3-5-15-12(16)11-9-13-6-7-14-11/h10-11,13-14H,3-9H2,1-2H3,(H,15,16). The lowest BCUT2D eigenvalue weighted by Crippen LogP contribution is -2.55. The number of carbonyl (C=O) groups is 1. The van der Waals surface area contributed by atoms with Crippen LogP contribution in [-0.2, 0) is 9.53 Å². The van der Waals surface area contributed by atoms with Gasteiger partial charge < -0.3 is 20.7 Å². The highest BCUT2D eigenvalue weighted by atomic mass is 16.5. The number of hydrogen-bond donors (Lipinski definition) is 3. The second-order valence-corrected chi connectivity index (χ2v) is 4.63. The smallest absolute Gasteiger partial charge is 0.238 e. The van der Waals surface area contributed by atoms with Gasteiger partial charge in [0.15, 0.2) is 0 Å². The van der Waals surface area contributed by atoms with Crippen molar-refractivity contribution < 1.29 is 9.53 Å². The van der Waals surface area contributed by atoms with E-state index in [-0.39, 0.29) is 11.9 Å². The van der Waals surface area contributed by atoms with Gasteiger partial charge in [0.05, 0.1) is 12.1 Å². The van der Waals surface area contributed by atoms with Crippen LogP contribution in [0.1, 0.15) is 26.7 Å². The lowest BCUT2D eigenvalue weighted by molar-refractivity contribution is -0.123. The lowest BCUT2D eigenvalue weighted by atomic mass is 10.2. The minimum Gasteiger partial charge on any atom is -0.379 e. The van der Waals surface area contributed by atoms with Gasteiger partial charge in [0.25, 0.3) is 0 Å². The summed E-state index contributed by atoms with van der Waals surface area (Å²) in [7, 11) is 0. The molecule has 0 aliphatic carbocycles. The van der Waals surface area contributed by atoms with Gasteiger partial charge in [0, 0.05) is 32.8 Å². The summed E-state index contributed by atoms with van der Waals surface area (Å²) in [6.45, 7) is 8.10. The molecule has 5 nitrogen and oxygen atoms in total. The molecule has 1 amide bonds. The van der Waals surface area contributed by atoms with E-state index in [9.17, 15) is 4.79 Å². The van der Waals surface area contributed by atoms with Crippen molar-refractivity contribution >= 4 is 5.91 Å². The fourth-order valence-electron chi connectivity index (χ4n) is 1.72. The number of amides is 1. The van der Waals surface area contributed by atoms with Gasteiger partial charge in [-0.25, -0.2) is 0 Å². The van der Waals surface area contributed by atoms with Crippen molar-refractivity contribution in [2.45, 2.75) is 38.8 Å². The molecule has 1 aliphatic heterocycles. The first-order valence-electron chi connectivity index (χ1n) is 6.53. The van der Waals surface area contributed by atoms with E-state index >= 15 is 0 Å². The Balaban J connectivity index is 1.96. The summed E-state index contributed by atoms with van der Waals surface area (Å²) in [5.41, 5.74) is 0. The summed E-state index contributed by atoms with van der Waals surface area (Å²) in [6, 6.07) is -0.0735. The molecule has 1 unspecified atom stereocenters. The summed E-state index contributed by atoms with van der Waals surface area (Å²) in [6.07, 6.45) is 2.26. The predicted octanol–water partition coefficient (Wildman–Crippen LogP) is -0.131. The molecule has 0 aromatic carbocycles. The van der Waals surface area contributed by atoms with E-state index in [0.29, 0.717) is 6.10 Å². The summed E-state index contributed by atoms with van der Waals surface area (Å²) in [5, 5.41) is 9.33. The highest BCUT2D eigenvalue weighted by Gasteiger charge is 2.19. The maximum absolute atomic E-state index is 11.7. The SMILES string of the molecule is CC(C)OCCCCNC(=O)C1CNCCN1. The maximum atomic E-state index is 11.7. The molecule has 0 aromatic heterocycles. The quantitative estimate of drug-likeness (QED) is 0.545. The van der Waals surface area contributed by atoms with E-state index < -0.39 is 0 Å². The van der Waals surface area contributed by atoms with Crippen LogP contribution in [0.2, 0.25) is 0 Å². The molecule has 0 spiro atoms. The molecular formula is C12H25N3O2. The fourth-order valence-corrected chi connectivity index (χ4v) is 1.72. The summed E-state index contributed by atoms with van der Waals surface area (Å²) >= 11 is 0. The van der Waals surface area contributed by atoms with E-state index in [0.717, 1.165) is 45.6 Å². The number of hydrogen-bond acceptors (Lipinski definition) is 4. The highest BCUT2D eigenvalue weighted by molar-refractivity contribution is 5.82. The van der Waals surface area contributed by atoms with E-state index in [1.807, 2.05) is 13.8 Å². The molecule has 0 bridgehead atoms. The monoisotopic (exact) mass is 243 g/mol. The summed E-state index contributed by atoms with van der Waals surface area (Å²) in [4.78, 5) is 11.7. The Kier molecular flexibility index (Phi) is 7.16. The van der Waals surface area contributed by atoms with Crippen LogP contribution in [0.3, 0.4) is 0 Å². The second kappa shape index (κ2) is 8.44. The van der Waals surface area contributed by atoms with E-state index in [1.54, 1.807) is 0 Å². The number of unbranched alkanes of at least 4 members (excludes halogenated alkanes) is 1. The minimum atomic E-state index is -0.0735. The lowest BCUT2D eigenvalue weighted by Gasteiger charge is -2.23. The zero-order valence-electron chi connectivity index (χ0n) is 10.9. The van der Waals surface area contributed by atoms with Gasteiger partial charge >= 0.3 is 0 Å². The van der Waals surface area contributed by atoms with Crippen LogP contribution in [0.4, 0.5) is 0 Å². The highest BCUT2D eigenvalue weighted by Crippen LogP contribution is 1.94. The van der Waals surface area contributed by atoms with Crippen molar-refractivity contribution in [2.75, 3.05) is 32.8 Å². The molecule has 1 aliphatic rings. The van der Waals surface area contributed by atoms with E-state index in [2.05, 4.69) is 16.0 Å². The van der Waals surface area contributed by atoms with Gasteiger partial charge in [-0.3, -0.25) is 4.79 Å². The van der Waals surface area contributed by atoms with Crippen molar-refractivity contribution in [3.63, 3.8) is 0 Å². The molecular weight excluding hydrogens is 218 g/mol. The van der Waals surface area contributed by atoms with Gasteiger partial charge in [-0.15, -0.1) is 0 Å². The number of piperazine rings is 1. The van der Waals surface area contributed by atoms with E-state index in [1.165, 1.54) is 0 Å². The van der Waals surface area contributed by atoms with Crippen molar-refractivity contribution in [3.05, 3.63) is 0 Å². The van der Waals surface area contributed by atoms with Gasteiger partial charge in [-0.05, 0) is 26.7 Å². The summed E-state index contributed by atoms with van der Waals surface area (Å²) < 4.78 is 5.43. The largest absolute Gasteiger partial charge is 0.379 e. The predicted molar refractivity (Wildman–Crippen MR) is 68.0 cm³/mol. The molecule has 0 aromatic rings. The van der Waals surface area contributed by atoms with Crippen LogP contribution in [-0.4, -0.2) is 50.8 Å². The Morgan fingerprint density at radius 2 is 2.24 bits per heavy atom. The first-order chi connectivity index (χ1) is 8.20. The maximum Gasteiger partial charge on any atom is 0.238 e. The van der Waals surface area contributed by atoms with Crippen LogP contribution < -0.4 is 16.0 Å².